The van der Waals surface area contributed by atoms with E-state index in [1.807, 2.05) is 30.3 Å². The lowest BCUT2D eigenvalue weighted by Crippen LogP contribution is -1.91. The van der Waals surface area contributed by atoms with Crippen LogP contribution >= 0.6 is 0 Å². The number of para-hydroxylation sites is 2. The van der Waals surface area contributed by atoms with Crippen molar-refractivity contribution in [3.8, 4) is 33.6 Å². The summed E-state index contributed by atoms with van der Waals surface area (Å²) in [7, 11) is 2.08. The van der Waals surface area contributed by atoms with E-state index in [0.717, 1.165) is 83.0 Å². The fourth-order valence-corrected chi connectivity index (χ4v) is 7.10. The van der Waals surface area contributed by atoms with E-state index in [0.29, 0.717) is 0 Å². The van der Waals surface area contributed by atoms with Gasteiger partial charge in [-0.2, -0.15) is 0 Å². The van der Waals surface area contributed by atoms with E-state index in [9.17, 15) is 0 Å². The summed E-state index contributed by atoms with van der Waals surface area (Å²) >= 11 is 0. The molecule has 0 spiro atoms. The third-order valence-corrected chi connectivity index (χ3v) is 9.39. The number of benzene rings is 7. The summed E-state index contributed by atoms with van der Waals surface area (Å²) in [4.78, 5) is 5.00. The highest BCUT2D eigenvalue weighted by Crippen LogP contribution is 2.44. The molecule has 0 aliphatic carbocycles. The summed E-state index contributed by atoms with van der Waals surface area (Å²) in [5.41, 5.74) is 11.2. The summed E-state index contributed by atoms with van der Waals surface area (Å²) in [6.45, 7) is 0. The molecule has 0 saturated heterocycles. The van der Waals surface area contributed by atoms with E-state index >= 15 is 0 Å². The Morgan fingerprint density at radius 1 is 0.500 bits per heavy atom. The second-order valence-electron chi connectivity index (χ2n) is 12.0. The fourth-order valence-electron chi connectivity index (χ4n) is 7.10. The molecule has 0 radical (unpaired) electrons. The highest BCUT2D eigenvalue weighted by Gasteiger charge is 2.20. The topological polar surface area (TPSA) is 44.1 Å². The number of imidazole rings is 1. The van der Waals surface area contributed by atoms with Gasteiger partial charge < -0.3 is 13.4 Å². The molecule has 7 aromatic carbocycles. The Labute approximate surface area is 263 Å². The number of hydrogen-bond donors (Lipinski definition) is 0. The third-order valence-electron chi connectivity index (χ3n) is 9.39. The van der Waals surface area contributed by atoms with E-state index in [-0.39, 0.29) is 0 Å². The summed E-state index contributed by atoms with van der Waals surface area (Å²) in [6.07, 6.45) is 0. The standard InChI is InChI=1S/C42H26N2O2/c1-44-36-20-19-29(23-35(36)43-42(44)25-9-3-2-4-10-25)27-15-16-28-22-30(18-17-26(28)21-27)33-24-34-31-11-5-7-13-37(31)45-41(34)39-32-12-6-8-14-38(32)46-40(33)39/h2-24H,1H3. The first-order chi connectivity index (χ1) is 22.7. The van der Waals surface area contributed by atoms with Crippen LogP contribution in [0.1, 0.15) is 0 Å². The predicted octanol–water partition coefficient (Wildman–Crippen LogP) is 11.5. The summed E-state index contributed by atoms with van der Waals surface area (Å²) in [6, 6.07) is 49.0. The number of fused-ring (bicyclic) bond motifs is 9. The zero-order valence-corrected chi connectivity index (χ0v) is 25.0. The van der Waals surface area contributed by atoms with Gasteiger partial charge in [0, 0.05) is 34.3 Å². The number of rotatable bonds is 3. The largest absolute Gasteiger partial charge is 0.455 e. The maximum Gasteiger partial charge on any atom is 0.147 e. The molecule has 0 bridgehead atoms. The average Bonchev–Trinajstić information content (AvgIpc) is 3.78. The van der Waals surface area contributed by atoms with Crippen molar-refractivity contribution in [2.75, 3.05) is 0 Å². The lowest BCUT2D eigenvalue weighted by atomic mass is 9.95. The second kappa shape index (κ2) is 9.43. The molecule has 4 nitrogen and oxygen atoms in total. The molecule has 0 aliphatic heterocycles. The van der Waals surface area contributed by atoms with Crippen molar-refractivity contribution in [3.05, 3.63) is 140 Å². The molecule has 0 atom stereocenters. The van der Waals surface area contributed by atoms with Crippen LogP contribution in [0.2, 0.25) is 0 Å². The monoisotopic (exact) mass is 590 g/mol. The maximum atomic E-state index is 6.54. The van der Waals surface area contributed by atoms with Crippen LogP contribution in [0, 0.1) is 0 Å². The van der Waals surface area contributed by atoms with Crippen LogP contribution in [-0.4, -0.2) is 9.55 Å². The molecule has 46 heavy (non-hydrogen) atoms. The Morgan fingerprint density at radius 2 is 1.13 bits per heavy atom. The van der Waals surface area contributed by atoms with Crippen LogP contribution in [0.15, 0.2) is 148 Å². The first kappa shape index (κ1) is 25.2. The zero-order valence-electron chi connectivity index (χ0n) is 25.0. The number of furan rings is 2. The van der Waals surface area contributed by atoms with E-state index in [1.165, 1.54) is 16.3 Å². The Morgan fingerprint density at radius 3 is 1.96 bits per heavy atom. The van der Waals surface area contributed by atoms with Gasteiger partial charge in [-0.05, 0) is 69.9 Å². The number of aryl methyl sites for hydroxylation is 1. The van der Waals surface area contributed by atoms with E-state index in [1.54, 1.807) is 0 Å². The fraction of sp³-hybridized carbons (Fsp3) is 0.0238. The molecule has 3 aromatic heterocycles. The second-order valence-corrected chi connectivity index (χ2v) is 12.0. The zero-order chi connectivity index (χ0) is 30.4. The van der Waals surface area contributed by atoms with E-state index in [2.05, 4.69) is 121 Å². The van der Waals surface area contributed by atoms with Crippen molar-refractivity contribution in [1.82, 2.24) is 9.55 Å². The predicted molar refractivity (Wildman–Crippen MR) is 189 cm³/mol. The molecular weight excluding hydrogens is 564 g/mol. The first-order valence-corrected chi connectivity index (χ1v) is 15.5. The highest BCUT2D eigenvalue weighted by atomic mass is 16.3. The third kappa shape index (κ3) is 3.64. The SMILES string of the molecule is Cn1c(-c2ccccc2)nc2cc(-c3ccc4cc(-c5cc6c7ccccc7oc6c6c5oc5ccccc56)ccc4c3)ccc21. The molecule has 0 aliphatic rings. The summed E-state index contributed by atoms with van der Waals surface area (Å²) < 4.78 is 15.1. The lowest BCUT2D eigenvalue weighted by Gasteiger charge is -2.08. The van der Waals surface area contributed by atoms with Crippen molar-refractivity contribution in [1.29, 1.82) is 0 Å². The summed E-state index contributed by atoms with van der Waals surface area (Å²) in [5.74, 6) is 0.971. The van der Waals surface area contributed by atoms with Gasteiger partial charge in [0.15, 0.2) is 0 Å². The van der Waals surface area contributed by atoms with Crippen molar-refractivity contribution in [2.24, 2.45) is 7.05 Å². The normalized spacial score (nSPS) is 12.0. The Kier molecular flexibility index (Phi) is 5.17. The molecule has 4 heteroatoms. The molecule has 3 heterocycles. The van der Waals surface area contributed by atoms with E-state index < -0.39 is 0 Å². The molecule has 10 rings (SSSR count). The highest BCUT2D eigenvalue weighted by molar-refractivity contribution is 6.25. The van der Waals surface area contributed by atoms with Crippen LogP contribution < -0.4 is 0 Å². The molecule has 0 amide bonds. The molecule has 0 fully saturated rings. The molecule has 216 valence electrons. The molecule has 0 unspecified atom stereocenters. The van der Waals surface area contributed by atoms with Gasteiger partial charge in [0.05, 0.1) is 16.4 Å². The Hall–Kier alpha value is -6.13. The smallest absolute Gasteiger partial charge is 0.147 e. The van der Waals surface area contributed by atoms with Gasteiger partial charge in [0.2, 0.25) is 0 Å². The number of aromatic nitrogens is 2. The minimum absolute atomic E-state index is 0.849. The van der Waals surface area contributed by atoms with Crippen molar-refractivity contribution < 1.29 is 8.83 Å². The number of nitrogens with zero attached hydrogens (tertiary/aromatic N) is 2. The van der Waals surface area contributed by atoms with Gasteiger partial charge in [0.25, 0.3) is 0 Å². The summed E-state index contributed by atoms with van der Waals surface area (Å²) in [5, 5.41) is 6.65. The van der Waals surface area contributed by atoms with Gasteiger partial charge in [0.1, 0.15) is 28.2 Å². The Balaban J connectivity index is 1.11. The average molecular weight is 591 g/mol. The maximum absolute atomic E-state index is 6.54. The van der Waals surface area contributed by atoms with Gasteiger partial charge in [-0.1, -0.05) is 97.1 Å². The Bertz CT molecular complexity index is 2820. The van der Waals surface area contributed by atoms with Crippen molar-refractivity contribution in [3.63, 3.8) is 0 Å². The van der Waals surface area contributed by atoms with Crippen LogP contribution in [0.3, 0.4) is 0 Å². The molecule has 0 saturated carbocycles. The van der Waals surface area contributed by atoms with Crippen molar-refractivity contribution in [2.45, 2.75) is 0 Å². The van der Waals surface area contributed by atoms with Gasteiger partial charge >= 0.3 is 0 Å². The quantitative estimate of drug-likeness (QED) is 0.206. The first-order valence-electron chi connectivity index (χ1n) is 15.5. The van der Waals surface area contributed by atoms with Gasteiger partial charge in [-0.15, -0.1) is 0 Å². The van der Waals surface area contributed by atoms with Crippen molar-refractivity contribution >= 4 is 65.7 Å². The van der Waals surface area contributed by atoms with Gasteiger partial charge in [-0.3, -0.25) is 0 Å². The van der Waals surface area contributed by atoms with Crippen LogP contribution in [0.5, 0.6) is 0 Å². The molecule has 0 N–H and O–H groups in total. The molecular formula is C42H26N2O2. The number of hydrogen-bond acceptors (Lipinski definition) is 3. The van der Waals surface area contributed by atoms with Crippen LogP contribution in [0.25, 0.3) is 99.3 Å². The minimum Gasteiger partial charge on any atom is -0.455 e. The van der Waals surface area contributed by atoms with Crippen LogP contribution in [0.4, 0.5) is 0 Å². The van der Waals surface area contributed by atoms with Crippen LogP contribution in [-0.2, 0) is 7.05 Å². The molecule has 10 aromatic rings. The minimum atomic E-state index is 0.849. The van der Waals surface area contributed by atoms with E-state index in [4.69, 9.17) is 13.8 Å². The lowest BCUT2D eigenvalue weighted by molar-refractivity contribution is 0.663. The van der Waals surface area contributed by atoms with Gasteiger partial charge in [-0.25, -0.2) is 4.98 Å².